The van der Waals surface area contributed by atoms with Crippen LogP contribution < -0.4 is 0 Å². The second-order valence-corrected chi connectivity index (χ2v) is 9.87. The molecule has 0 saturated heterocycles. The van der Waals surface area contributed by atoms with Crippen LogP contribution in [-0.2, 0) is 11.3 Å². The van der Waals surface area contributed by atoms with Gasteiger partial charge in [-0.25, -0.2) is 0 Å². The van der Waals surface area contributed by atoms with E-state index in [1.807, 2.05) is 6.07 Å². The Balaban J connectivity index is 1.33. The monoisotopic (exact) mass is 368 g/mol. The molecule has 4 saturated carbocycles. The van der Waals surface area contributed by atoms with E-state index in [9.17, 15) is 0 Å². The fourth-order valence-electron chi connectivity index (χ4n) is 7.19. The van der Waals surface area contributed by atoms with E-state index >= 15 is 0 Å². The van der Waals surface area contributed by atoms with E-state index in [-0.39, 0.29) is 0 Å². The summed E-state index contributed by atoms with van der Waals surface area (Å²) in [7, 11) is 0. The van der Waals surface area contributed by atoms with Gasteiger partial charge in [-0.3, -0.25) is 0 Å². The van der Waals surface area contributed by atoms with Crippen molar-refractivity contribution in [3.05, 3.63) is 60.2 Å². The van der Waals surface area contributed by atoms with E-state index in [1.165, 1.54) is 60.2 Å². The molecule has 1 nitrogen and oxygen atoms in total. The average molecular weight is 369 g/mol. The largest absolute Gasteiger partial charge is 0.373 e. The minimum absolute atomic E-state index is 0.342. The Morgan fingerprint density at radius 3 is 2.46 bits per heavy atom. The first-order valence-electron chi connectivity index (χ1n) is 11.0. The topological polar surface area (TPSA) is 9.23 Å². The van der Waals surface area contributed by atoms with Crippen LogP contribution in [0, 0.1) is 35.3 Å². The van der Waals surface area contributed by atoms with Crippen molar-refractivity contribution in [3.63, 3.8) is 0 Å². The highest BCUT2D eigenvalue weighted by Gasteiger charge is 2.53. The van der Waals surface area contributed by atoms with Gasteiger partial charge in [0.15, 0.2) is 0 Å². The van der Waals surface area contributed by atoms with Crippen molar-refractivity contribution in [1.29, 1.82) is 0 Å². The molecule has 1 unspecified atom stereocenters. The molecule has 0 radical (unpaired) electrons. The highest BCUT2D eigenvalue weighted by Crippen LogP contribution is 2.61. The maximum atomic E-state index is 6.71. The van der Waals surface area contributed by atoms with Crippen molar-refractivity contribution in [2.45, 2.75) is 58.2 Å². The minimum atomic E-state index is 0.342. The number of ether oxygens (including phenoxy) is 1. The van der Waals surface area contributed by atoms with Crippen molar-refractivity contribution < 1.29 is 4.74 Å². The van der Waals surface area contributed by atoms with Gasteiger partial charge < -0.3 is 4.74 Å². The molecule has 3 aromatic rings. The van der Waals surface area contributed by atoms with E-state index < -0.39 is 0 Å². The van der Waals surface area contributed by atoms with Crippen molar-refractivity contribution in [1.82, 2.24) is 0 Å². The Morgan fingerprint density at radius 1 is 1.00 bits per heavy atom. The van der Waals surface area contributed by atoms with Gasteiger partial charge in [0.2, 0.25) is 0 Å². The average Bonchev–Trinajstić information content (AvgIpc) is 2.70. The molecule has 0 amide bonds. The van der Waals surface area contributed by atoms with E-state index in [0.717, 1.165) is 23.1 Å². The third-order valence-electron chi connectivity index (χ3n) is 8.17. The number of hydrogen-bond donors (Lipinski definition) is 0. The Bertz CT molecular complexity index is 944. The lowest BCUT2D eigenvalue weighted by molar-refractivity contribution is -0.139. The molecule has 0 spiro atoms. The predicted molar refractivity (Wildman–Crippen MR) is 114 cm³/mol. The SMILES string of the molecule is CC(OCc1c2ccc#cc2cc2ccccc12)C12CC3CC(CC(C3)C1)C2. The molecular formula is C27H28O. The maximum Gasteiger partial charge on any atom is 0.0733 e. The fourth-order valence-corrected chi connectivity index (χ4v) is 7.19. The number of rotatable bonds is 4. The van der Waals surface area contributed by atoms with Crippen molar-refractivity contribution in [2.75, 3.05) is 0 Å². The molecule has 0 aromatic heterocycles. The zero-order chi connectivity index (χ0) is 18.7. The van der Waals surface area contributed by atoms with Crippen LogP contribution in [0.5, 0.6) is 0 Å². The summed E-state index contributed by atoms with van der Waals surface area (Å²) in [5, 5.41) is 4.98. The summed E-state index contributed by atoms with van der Waals surface area (Å²) in [4.78, 5) is 0. The summed E-state index contributed by atoms with van der Waals surface area (Å²) in [6, 6.07) is 21.5. The van der Waals surface area contributed by atoms with Gasteiger partial charge in [0.05, 0.1) is 12.7 Å². The smallest absolute Gasteiger partial charge is 0.0733 e. The molecule has 0 aliphatic heterocycles. The summed E-state index contributed by atoms with van der Waals surface area (Å²) in [6.45, 7) is 3.05. The number of fused-ring (bicyclic) bond motifs is 2. The van der Waals surface area contributed by atoms with Gasteiger partial charge >= 0.3 is 0 Å². The summed E-state index contributed by atoms with van der Waals surface area (Å²) in [5.74, 6) is 2.92. The highest BCUT2D eigenvalue weighted by molar-refractivity contribution is 6.01. The molecule has 1 heteroatoms. The van der Waals surface area contributed by atoms with Gasteiger partial charge in [0.1, 0.15) is 0 Å². The van der Waals surface area contributed by atoms with Crippen LogP contribution in [0.1, 0.15) is 51.0 Å². The van der Waals surface area contributed by atoms with E-state index in [0.29, 0.717) is 18.1 Å². The molecule has 1 atom stereocenters. The van der Waals surface area contributed by atoms with Crippen molar-refractivity contribution >= 4 is 21.5 Å². The zero-order valence-corrected chi connectivity index (χ0v) is 16.7. The van der Waals surface area contributed by atoms with Crippen LogP contribution in [0.4, 0.5) is 0 Å². The number of hydrogen-bond acceptors (Lipinski definition) is 1. The van der Waals surface area contributed by atoms with Gasteiger partial charge in [-0.05, 0) is 109 Å². The van der Waals surface area contributed by atoms with Crippen molar-refractivity contribution in [2.24, 2.45) is 23.2 Å². The number of benzene rings is 2. The van der Waals surface area contributed by atoms with Crippen LogP contribution in [-0.4, -0.2) is 6.10 Å². The first-order valence-corrected chi connectivity index (χ1v) is 11.0. The summed E-state index contributed by atoms with van der Waals surface area (Å²) in [5.41, 5.74) is 1.75. The van der Waals surface area contributed by atoms with E-state index in [1.54, 1.807) is 0 Å². The Kier molecular flexibility index (Phi) is 3.75. The lowest BCUT2D eigenvalue weighted by Crippen LogP contribution is -2.51. The lowest BCUT2D eigenvalue weighted by Gasteiger charge is -2.58. The van der Waals surface area contributed by atoms with Crippen LogP contribution >= 0.6 is 0 Å². The molecule has 4 aliphatic carbocycles. The standard InChI is InChI=1S/C27H28O/c1-18(27-14-19-10-20(15-27)12-21(11-19)16-27)28-17-26-24-8-4-2-6-22(24)13-23-7-3-5-9-25(23)26/h2,4-6,8-9,13,18-21H,10-12,14-17H2,1H3. The normalized spacial score (nSPS) is 32.0. The van der Waals surface area contributed by atoms with Gasteiger partial charge in [0, 0.05) is 5.39 Å². The molecule has 28 heavy (non-hydrogen) atoms. The van der Waals surface area contributed by atoms with Crippen LogP contribution in [0.2, 0.25) is 0 Å². The second kappa shape index (κ2) is 6.23. The Morgan fingerprint density at radius 2 is 1.71 bits per heavy atom. The third kappa shape index (κ3) is 2.58. The Hall–Kier alpha value is -2.04. The van der Waals surface area contributed by atoms with Crippen LogP contribution in [0.3, 0.4) is 0 Å². The summed E-state index contributed by atoms with van der Waals surface area (Å²) < 4.78 is 6.71. The quantitative estimate of drug-likeness (QED) is 0.497. The molecule has 4 bridgehead atoms. The van der Waals surface area contributed by atoms with Gasteiger partial charge in [-0.1, -0.05) is 36.4 Å². The van der Waals surface area contributed by atoms with Gasteiger partial charge in [-0.15, -0.1) is 0 Å². The first-order chi connectivity index (χ1) is 13.7. The van der Waals surface area contributed by atoms with Gasteiger partial charge in [0.25, 0.3) is 0 Å². The molecule has 4 fully saturated rings. The summed E-state index contributed by atoms with van der Waals surface area (Å²) in [6.07, 6.45) is 9.02. The predicted octanol–water partition coefficient (Wildman–Crippen LogP) is 6.71. The second-order valence-electron chi connectivity index (χ2n) is 9.87. The Labute approximate surface area is 168 Å². The molecule has 142 valence electrons. The maximum absolute atomic E-state index is 6.71. The molecule has 7 rings (SSSR count). The summed E-state index contributed by atoms with van der Waals surface area (Å²) >= 11 is 0. The third-order valence-corrected chi connectivity index (χ3v) is 8.17. The highest BCUT2D eigenvalue weighted by atomic mass is 16.5. The molecular weight excluding hydrogens is 340 g/mol. The molecule has 0 heterocycles. The van der Waals surface area contributed by atoms with E-state index in [4.69, 9.17) is 4.74 Å². The van der Waals surface area contributed by atoms with Crippen molar-refractivity contribution in [3.8, 4) is 0 Å². The van der Waals surface area contributed by atoms with Gasteiger partial charge in [-0.2, -0.15) is 0 Å². The molecule has 4 aliphatic rings. The van der Waals surface area contributed by atoms with E-state index in [2.05, 4.69) is 55.5 Å². The zero-order valence-electron chi connectivity index (χ0n) is 16.7. The lowest BCUT2D eigenvalue weighted by atomic mass is 9.48. The molecule has 0 N–H and O–H groups in total. The molecule has 3 aromatic carbocycles. The van der Waals surface area contributed by atoms with Crippen LogP contribution in [0.25, 0.3) is 21.5 Å². The van der Waals surface area contributed by atoms with Crippen LogP contribution in [0.15, 0.2) is 42.5 Å². The minimum Gasteiger partial charge on any atom is -0.373 e. The first kappa shape index (κ1) is 16.9. The fraction of sp³-hybridized carbons (Fsp3) is 0.481.